The summed E-state index contributed by atoms with van der Waals surface area (Å²) in [4.78, 5) is 10.6. The van der Waals surface area contributed by atoms with Crippen LogP contribution in [-0.4, -0.2) is 14.7 Å². The van der Waals surface area contributed by atoms with E-state index in [2.05, 4.69) is 15.9 Å². The van der Waals surface area contributed by atoms with Crippen molar-refractivity contribution in [3.8, 4) is 0 Å². The van der Waals surface area contributed by atoms with E-state index >= 15 is 0 Å². The molecule has 2 rings (SSSR count). The van der Waals surface area contributed by atoms with Crippen molar-refractivity contribution in [3.63, 3.8) is 0 Å². The highest BCUT2D eigenvalue weighted by molar-refractivity contribution is 9.10. The predicted molar refractivity (Wildman–Crippen MR) is 68.4 cm³/mol. The molecule has 1 aromatic heterocycles. The Morgan fingerprint density at radius 3 is 2.50 bits per heavy atom. The van der Waals surface area contributed by atoms with Crippen LogP contribution < -0.4 is 0 Å². The van der Waals surface area contributed by atoms with Crippen LogP contribution in [0.25, 0.3) is 0 Å². The summed E-state index contributed by atoms with van der Waals surface area (Å²) in [5.74, 6) is -0.0141. The van der Waals surface area contributed by atoms with Gasteiger partial charge in [-0.15, -0.1) is 0 Å². The van der Waals surface area contributed by atoms with Crippen LogP contribution in [0.15, 0.2) is 49.2 Å². The number of aryl methyl sites for hydroxylation is 1. The van der Waals surface area contributed by atoms with Gasteiger partial charge in [0, 0.05) is 4.47 Å². The van der Waals surface area contributed by atoms with Crippen LogP contribution in [0.1, 0.15) is 16.1 Å². The molecule has 0 radical (unpaired) electrons. The van der Waals surface area contributed by atoms with Gasteiger partial charge in [0.05, 0.1) is 4.90 Å². The first-order chi connectivity index (χ1) is 8.45. The van der Waals surface area contributed by atoms with Gasteiger partial charge in [-0.2, -0.15) is 0 Å². The molecule has 94 valence electrons. The smallest absolute Gasteiger partial charge is 0.239 e. The van der Waals surface area contributed by atoms with Crippen molar-refractivity contribution in [2.75, 3.05) is 0 Å². The molecule has 0 fully saturated rings. The quantitative estimate of drug-likeness (QED) is 0.812. The van der Waals surface area contributed by atoms with E-state index in [0.29, 0.717) is 10.8 Å². The number of aldehydes is 1. The minimum atomic E-state index is -3.72. The fraction of sp³-hybridized carbons (Fsp3) is 0.0833. The number of benzene rings is 1. The highest BCUT2D eigenvalue weighted by Gasteiger charge is 2.22. The van der Waals surface area contributed by atoms with Crippen LogP contribution in [0.3, 0.4) is 0 Å². The van der Waals surface area contributed by atoms with Gasteiger partial charge >= 0.3 is 0 Å². The van der Waals surface area contributed by atoms with Gasteiger partial charge in [-0.1, -0.05) is 22.0 Å². The second kappa shape index (κ2) is 4.70. The maximum Gasteiger partial charge on any atom is 0.239 e. The van der Waals surface area contributed by atoms with Crippen LogP contribution >= 0.6 is 15.9 Å². The van der Waals surface area contributed by atoms with Crippen LogP contribution in [0.2, 0.25) is 0 Å². The number of hydrogen-bond acceptors (Lipinski definition) is 4. The van der Waals surface area contributed by atoms with Crippen molar-refractivity contribution in [3.05, 3.63) is 46.1 Å². The maximum absolute atomic E-state index is 12.2. The molecule has 0 amide bonds. The molecule has 0 saturated heterocycles. The average Bonchev–Trinajstić information content (AvgIpc) is 2.81. The number of carbonyl (C=O) groups is 1. The summed E-state index contributed by atoms with van der Waals surface area (Å²) >= 11 is 3.28. The van der Waals surface area contributed by atoms with Gasteiger partial charge in [-0.3, -0.25) is 4.79 Å². The first-order valence-electron chi connectivity index (χ1n) is 5.01. The molecule has 1 aromatic carbocycles. The van der Waals surface area contributed by atoms with Gasteiger partial charge in [0.25, 0.3) is 0 Å². The summed E-state index contributed by atoms with van der Waals surface area (Å²) in [6.45, 7) is 1.86. The molecule has 0 spiro atoms. The molecular weight excluding hydrogens is 320 g/mol. The minimum absolute atomic E-state index is 0.0141. The Balaban J connectivity index is 2.53. The first-order valence-corrected chi connectivity index (χ1v) is 7.29. The van der Waals surface area contributed by atoms with Gasteiger partial charge in [0.2, 0.25) is 14.9 Å². The number of sulfone groups is 1. The fourth-order valence-corrected chi connectivity index (χ4v) is 3.13. The highest BCUT2D eigenvalue weighted by atomic mass is 79.9. The number of furan rings is 1. The summed E-state index contributed by atoms with van der Waals surface area (Å²) in [7, 11) is -3.72. The lowest BCUT2D eigenvalue weighted by Gasteiger charge is -2.03. The van der Waals surface area contributed by atoms with E-state index in [1.165, 1.54) is 24.3 Å². The summed E-state index contributed by atoms with van der Waals surface area (Å²) in [5.41, 5.74) is 0.932. The van der Waals surface area contributed by atoms with E-state index in [1.54, 1.807) is 6.07 Å². The second-order valence-electron chi connectivity index (χ2n) is 3.69. The largest absolute Gasteiger partial charge is 0.442 e. The number of carbonyl (C=O) groups excluding carboxylic acids is 1. The average molecular weight is 329 g/mol. The summed E-state index contributed by atoms with van der Waals surface area (Å²) in [6, 6.07) is 7.29. The van der Waals surface area contributed by atoms with Crippen molar-refractivity contribution in [2.24, 2.45) is 0 Å². The molecule has 0 atom stereocenters. The third kappa shape index (κ3) is 2.26. The molecule has 2 aromatic rings. The van der Waals surface area contributed by atoms with Crippen LogP contribution in [-0.2, 0) is 9.84 Å². The normalized spacial score (nSPS) is 11.4. The Bertz CT molecular complexity index is 701. The monoisotopic (exact) mass is 328 g/mol. The van der Waals surface area contributed by atoms with Gasteiger partial charge < -0.3 is 4.42 Å². The summed E-state index contributed by atoms with van der Waals surface area (Å²) in [6.07, 6.45) is 0.462. The molecule has 0 aliphatic heterocycles. The zero-order chi connectivity index (χ0) is 13.3. The zero-order valence-electron chi connectivity index (χ0n) is 9.38. The SMILES string of the molecule is Cc1ccc(S(=O)(=O)c2ccc(C=O)o2)cc1Br. The molecule has 0 aliphatic rings. The fourth-order valence-electron chi connectivity index (χ4n) is 1.40. The summed E-state index contributed by atoms with van der Waals surface area (Å²) in [5, 5.41) is -0.236. The van der Waals surface area contributed by atoms with Crippen molar-refractivity contribution in [1.29, 1.82) is 0 Å². The number of rotatable bonds is 3. The molecule has 0 N–H and O–H groups in total. The highest BCUT2D eigenvalue weighted by Crippen LogP contribution is 2.26. The third-order valence-electron chi connectivity index (χ3n) is 2.44. The van der Waals surface area contributed by atoms with Crippen LogP contribution in [0.5, 0.6) is 0 Å². The van der Waals surface area contributed by atoms with E-state index in [1.807, 2.05) is 6.92 Å². The third-order valence-corrected chi connectivity index (χ3v) is 4.91. The number of hydrogen-bond donors (Lipinski definition) is 0. The molecule has 1 heterocycles. The Kier molecular flexibility index (Phi) is 3.41. The Hall–Kier alpha value is -1.40. The number of halogens is 1. The lowest BCUT2D eigenvalue weighted by molar-refractivity contribution is 0.109. The van der Waals surface area contributed by atoms with Crippen LogP contribution in [0, 0.1) is 6.92 Å². The van der Waals surface area contributed by atoms with Crippen molar-refractivity contribution in [1.82, 2.24) is 0 Å². The maximum atomic E-state index is 12.2. The minimum Gasteiger partial charge on any atom is -0.442 e. The van der Waals surface area contributed by atoms with E-state index in [-0.39, 0.29) is 15.7 Å². The molecule has 0 unspecified atom stereocenters. The lowest BCUT2D eigenvalue weighted by atomic mass is 10.2. The van der Waals surface area contributed by atoms with E-state index in [9.17, 15) is 13.2 Å². The van der Waals surface area contributed by atoms with Crippen molar-refractivity contribution in [2.45, 2.75) is 16.9 Å². The van der Waals surface area contributed by atoms with Gasteiger partial charge in [-0.25, -0.2) is 8.42 Å². The Labute approximate surface area is 113 Å². The predicted octanol–water partition coefficient (Wildman–Crippen LogP) is 3.00. The zero-order valence-corrected chi connectivity index (χ0v) is 11.8. The molecule has 6 heteroatoms. The molecule has 0 aliphatic carbocycles. The standard InChI is InChI=1S/C12H9BrO4S/c1-8-2-4-10(6-11(8)13)18(15,16)12-5-3-9(7-14)17-12/h2-7H,1H3. The molecule has 18 heavy (non-hydrogen) atoms. The van der Waals surface area contributed by atoms with E-state index in [0.717, 1.165) is 5.56 Å². The molecule has 4 nitrogen and oxygen atoms in total. The summed E-state index contributed by atoms with van der Waals surface area (Å²) < 4.78 is 30.0. The topological polar surface area (TPSA) is 64.3 Å². The first kappa shape index (κ1) is 13.0. The van der Waals surface area contributed by atoms with Crippen LogP contribution in [0.4, 0.5) is 0 Å². The molecule has 0 bridgehead atoms. The Morgan fingerprint density at radius 2 is 1.94 bits per heavy atom. The Morgan fingerprint density at radius 1 is 1.22 bits per heavy atom. The van der Waals surface area contributed by atoms with Gasteiger partial charge in [-0.05, 0) is 36.8 Å². The van der Waals surface area contributed by atoms with Crippen molar-refractivity contribution < 1.29 is 17.6 Å². The second-order valence-corrected chi connectivity index (χ2v) is 6.42. The van der Waals surface area contributed by atoms with Gasteiger partial charge in [0.15, 0.2) is 12.0 Å². The lowest BCUT2D eigenvalue weighted by Crippen LogP contribution is -2.00. The van der Waals surface area contributed by atoms with E-state index in [4.69, 9.17) is 4.42 Å². The van der Waals surface area contributed by atoms with Gasteiger partial charge in [0.1, 0.15) is 0 Å². The molecule has 0 saturated carbocycles. The van der Waals surface area contributed by atoms with Crippen molar-refractivity contribution >= 4 is 32.1 Å². The van der Waals surface area contributed by atoms with E-state index < -0.39 is 9.84 Å². The molecular formula is C12H9BrO4S.